The van der Waals surface area contributed by atoms with Crippen LogP contribution in [0.1, 0.15) is 28.1 Å². The van der Waals surface area contributed by atoms with E-state index in [1.165, 1.54) is 11.3 Å². The van der Waals surface area contributed by atoms with E-state index in [0.29, 0.717) is 34.2 Å². The van der Waals surface area contributed by atoms with Crippen molar-refractivity contribution in [3.8, 4) is 6.07 Å². The van der Waals surface area contributed by atoms with Crippen LogP contribution in [0, 0.1) is 17.2 Å². The van der Waals surface area contributed by atoms with Gasteiger partial charge < -0.3 is 10.2 Å². The Bertz CT molecular complexity index is 829. The molecule has 1 aromatic carbocycles. The second-order valence-corrected chi connectivity index (χ2v) is 7.22. The normalized spacial score (nSPS) is 17.0. The lowest BCUT2D eigenvalue weighted by Gasteiger charge is -2.31. The van der Waals surface area contributed by atoms with E-state index in [2.05, 4.69) is 5.32 Å². The molecule has 1 fully saturated rings. The minimum atomic E-state index is -0.257. The molecule has 1 saturated heterocycles. The summed E-state index contributed by atoms with van der Waals surface area (Å²) in [6.45, 7) is 1.08. The number of nitrogens with zero attached hydrogens (tertiary/aromatic N) is 2. The van der Waals surface area contributed by atoms with Crippen molar-refractivity contribution in [1.82, 2.24) is 4.90 Å². The first-order chi connectivity index (χ1) is 12.1. The van der Waals surface area contributed by atoms with Gasteiger partial charge in [-0.25, -0.2) is 0 Å². The summed E-state index contributed by atoms with van der Waals surface area (Å²) in [7, 11) is 0. The van der Waals surface area contributed by atoms with Gasteiger partial charge >= 0.3 is 0 Å². The molecule has 0 saturated carbocycles. The molecule has 5 nitrogen and oxygen atoms in total. The molecule has 2 amide bonds. The Labute approximate surface area is 154 Å². The fourth-order valence-corrected chi connectivity index (χ4v) is 3.77. The fourth-order valence-electron chi connectivity index (χ4n) is 2.86. The number of anilines is 1. The van der Waals surface area contributed by atoms with Crippen molar-refractivity contribution in [1.29, 1.82) is 5.26 Å². The third kappa shape index (κ3) is 4.01. The second kappa shape index (κ2) is 7.68. The van der Waals surface area contributed by atoms with Crippen molar-refractivity contribution in [2.75, 3.05) is 18.4 Å². The van der Waals surface area contributed by atoms with E-state index in [-0.39, 0.29) is 17.7 Å². The highest BCUT2D eigenvalue weighted by Crippen LogP contribution is 2.24. The van der Waals surface area contributed by atoms with E-state index in [4.69, 9.17) is 16.9 Å². The van der Waals surface area contributed by atoms with Gasteiger partial charge in [-0.1, -0.05) is 17.7 Å². The van der Waals surface area contributed by atoms with Gasteiger partial charge in [-0.3, -0.25) is 9.59 Å². The van der Waals surface area contributed by atoms with Gasteiger partial charge in [0.15, 0.2) is 0 Å². The Hall–Kier alpha value is -2.36. The Kier molecular flexibility index (Phi) is 5.37. The molecule has 1 N–H and O–H groups in total. The van der Waals surface area contributed by atoms with Crippen LogP contribution >= 0.6 is 22.9 Å². The van der Waals surface area contributed by atoms with Crippen molar-refractivity contribution in [2.24, 2.45) is 5.92 Å². The molecule has 1 aliphatic rings. The van der Waals surface area contributed by atoms with Gasteiger partial charge in [0.2, 0.25) is 5.91 Å². The average molecular weight is 374 g/mol. The van der Waals surface area contributed by atoms with Crippen LogP contribution in [0.3, 0.4) is 0 Å². The van der Waals surface area contributed by atoms with Crippen LogP contribution in [0.5, 0.6) is 0 Å². The number of hydrogen-bond donors (Lipinski definition) is 1. The maximum Gasteiger partial charge on any atom is 0.263 e. The molecule has 1 aromatic heterocycles. The molecule has 0 bridgehead atoms. The monoisotopic (exact) mass is 373 g/mol. The van der Waals surface area contributed by atoms with E-state index >= 15 is 0 Å². The van der Waals surface area contributed by atoms with Gasteiger partial charge in [-0.05, 0) is 42.5 Å². The van der Waals surface area contributed by atoms with Crippen LogP contribution in [0.4, 0.5) is 5.69 Å². The summed E-state index contributed by atoms with van der Waals surface area (Å²) in [5.41, 5.74) is 0.917. The number of amides is 2. The molecule has 2 aromatic rings. The number of thiophene rings is 1. The summed E-state index contributed by atoms with van der Waals surface area (Å²) in [6.07, 6.45) is 1.54. The predicted molar refractivity (Wildman–Crippen MR) is 97.7 cm³/mol. The summed E-state index contributed by atoms with van der Waals surface area (Å²) in [6, 6.07) is 10.4. The third-order valence-electron chi connectivity index (χ3n) is 4.17. The Morgan fingerprint density at radius 1 is 1.36 bits per heavy atom. The average Bonchev–Trinajstić information content (AvgIpc) is 3.16. The highest BCUT2D eigenvalue weighted by atomic mass is 35.5. The first-order valence-electron chi connectivity index (χ1n) is 7.92. The molecule has 1 unspecified atom stereocenters. The first-order valence-corrected chi connectivity index (χ1v) is 9.17. The van der Waals surface area contributed by atoms with Crippen LogP contribution in [-0.4, -0.2) is 29.8 Å². The van der Waals surface area contributed by atoms with Crippen molar-refractivity contribution in [3.05, 3.63) is 51.2 Å². The molecule has 0 radical (unpaired) electrons. The van der Waals surface area contributed by atoms with Crippen molar-refractivity contribution >= 4 is 40.4 Å². The molecule has 0 spiro atoms. The largest absolute Gasteiger partial charge is 0.337 e. The minimum Gasteiger partial charge on any atom is -0.337 e. The quantitative estimate of drug-likeness (QED) is 0.890. The lowest BCUT2D eigenvalue weighted by atomic mass is 9.96. The van der Waals surface area contributed by atoms with E-state index < -0.39 is 0 Å². The molecule has 25 heavy (non-hydrogen) atoms. The molecule has 2 heterocycles. The smallest absolute Gasteiger partial charge is 0.263 e. The second-order valence-electron chi connectivity index (χ2n) is 5.86. The summed E-state index contributed by atoms with van der Waals surface area (Å²) in [4.78, 5) is 27.4. The van der Waals surface area contributed by atoms with Crippen LogP contribution in [0.25, 0.3) is 0 Å². The first kappa shape index (κ1) is 17.5. The molecular weight excluding hydrogens is 358 g/mol. The third-order valence-corrected chi connectivity index (χ3v) is 5.34. The maximum absolute atomic E-state index is 12.5. The fraction of sp³-hybridized carbons (Fsp3) is 0.278. The topological polar surface area (TPSA) is 73.2 Å². The molecule has 7 heteroatoms. The molecule has 1 aliphatic heterocycles. The zero-order valence-corrected chi connectivity index (χ0v) is 14.9. The molecule has 128 valence electrons. The number of rotatable bonds is 3. The van der Waals surface area contributed by atoms with Crippen LogP contribution < -0.4 is 5.32 Å². The van der Waals surface area contributed by atoms with E-state index in [1.54, 1.807) is 29.2 Å². The molecule has 3 rings (SSSR count). The Morgan fingerprint density at radius 3 is 2.88 bits per heavy atom. The Balaban J connectivity index is 1.65. The number of carbonyl (C=O) groups is 2. The number of carbonyl (C=O) groups excluding carboxylic acids is 2. The lowest BCUT2D eigenvalue weighted by Crippen LogP contribution is -2.43. The number of nitrogens with one attached hydrogen (secondary N) is 1. The van der Waals surface area contributed by atoms with Gasteiger partial charge in [0.25, 0.3) is 5.91 Å². The van der Waals surface area contributed by atoms with Crippen LogP contribution in [0.2, 0.25) is 5.02 Å². The number of nitriles is 1. The van der Waals surface area contributed by atoms with Crippen molar-refractivity contribution in [3.63, 3.8) is 0 Å². The predicted octanol–water partition coefficient (Wildman–Crippen LogP) is 3.76. The lowest BCUT2D eigenvalue weighted by molar-refractivity contribution is -0.121. The highest BCUT2D eigenvalue weighted by molar-refractivity contribution is 7.12. The Morgan fingerprint density at radius 2 is 2.20 bits per heavy atom. The molecule has 1 atom stereocenters. The summed E-state index contributed by atoms with van der Waals surface area (Å²) in [5, 5.41) is 13.9. The molecular formula is C18H16ClN3O2S. The van der Waals surface area contributed by atoms with Gasteiger partial charge in [-0.15, -0.1) is 11.3 Å². The number of likely N-dealkylation sites (tertiary alicyclic amines) is 1. The summed E-state index contributed by atoms with van der Waals surface area (Å²) < 4.78 is 0. The van der Waals surface area contributed by atoms with E-state index in [9.17, 15) is 9.59 Å². The van der Waals surface area contributed by atoms with Gasteiger partial charge in [0.05, 0.1) is 21.4 Å². The van der Waals surface area contributed by atoms with E-state index in [1.807, 2.05) is 17.5 Å². The van der Waals surface area contributed by atoms with Crippen molar-refractivity contribution < 1.29 is 9.59 Å². The number of hydrogen-bond acceptors (Lipinski definition) is 4. The van der Waals surface area contributed by atoms with Crippen molar-refractivity contribution in [2.45, 2.75) is 12.8 Å². The maximum atomic E-state index is 12.5. The summed E-state index contributed by atoms with van der Waals surface area (Å²) >= 11 is 7.40. The van der Waals surface area contributed by atoms with Gasteiger partial charge in [-0.2, -0.15) is 5.26 Å². The van der Waals surface area contributed by atoms with Crippen LogP contribution in [-0.2, 0) is 4.79 Å². The highest BCUT2D eigenvalue weighted by Gasteiger charge is 2.29. The standard InChI is InChI=1S/C18H16ClN3O2S/c19-15-9-14(6-5-12(15)10-20)21-17(23)13-3-1-7-22(11-13)18(24)16-4-2-8-25-16/h2,4-6,8-9,13H,1,3,7,11H2,(H,21,23). The van der Waals surface area contributed by atoms with Crippen LogP contribution in [0.15, 0.2) is 35.7 Å². The number of piperidine rings is 1. The molecule has 0 aliphatic carbocycles. The van der Waals surface area contributed by atoms with Gasteiger partial charge in [0.1, 0.15) is 6.07 Å². The SMILES string of the molecule is N#Cc1ccc(NC(=O)C2CCCN(C(=O)c3cccs3)C2)cc1Cl. The summed E-state index contributed by atoms with van der Waals surface area (Å²) in [5.74, 6) is -0.412. The van der Waals surface area contributed by atoms with Gasteiger partial charge in [0, 0.05) is 18.8 Å². The minimum absolute atomic E-state index is 0.0195. The number of benzene rings is 1. The zero-order valence-electron chi connectivity index (χ0n) is 13.4. The van der Waals surface area contributed by atoms with E-state index in [0.717, 1.165) is 12.8 Å². The zero-order chi connectivity index (χ0) is 17.8. The number of halogens is 1.